The lowest BCUT2D eigenvalue weighted by Gasteiger charge is -2.14. The van der Waals surface area contributed by atoms with Gasteiger partial charge in [-0.2, -0.15) is 0 Å². The number of hydrogen-bond acceptors (Lipinski definition) is 3. The molecule has 0 fully saturated rings. The van der Waals surface area contributed by atoms with Crippen molar-refractivity contribution in [1.29, 1.82) is 5.41 Å². The van der Waals surface area contributed by atoms with E-state index in [1.165, 1.54) is 0 Å². The van der Waals surface area contributed by atoms with Crippen LogP contribution in [0.15, 0.2) is 18.2 Å². The Morgan fingerprint density at radius 3 is 2.79 bits per heavy atom. The number of nitrogen functional groups attached to an aromatic ring is 1. The van der Waals surface area contributed by atoms with Gasteiger partial charge in [0.2, 0.25) is 0 Å². The highest BCUT2D eigenvalue weighted by Crippen LogP contribution is 2.24. The van der Waals surface area contributed by atoms with Crippen LogP contribution >= 0.6 is 0 Å². The molecule has 14 heavy (non-hydrogen) atoms. The first-order chi connectivity index (χ1) is 6.52. The number of benzene rings is 1. The first kappa shape index (κ1) is 10.7. The molecule has 0 heterocycles. The van der Waals surface area contributed by atoms with E-state index in [4.69, 9.17) is 11.1 Å². The Hall–Kier alpha value is -1.35. The second kappa shape index (κ2) is 4.24. The lowest BCUT2D eigenvalue weighted by molar-refractivity contribution is 0.185. The summed E-state index contributed by atoms with van der Waals surface area (Å²) in [4.78, 5) is 0. The van der Waals surface area contributed by atoms with Crippen molar-refractivity contribution >= 4 is 11.4 Å². The molecule has 0 saturated carbocycles. The maximum absolute atomic E-state index is 9.80. The van der Waals surface area contributed by atoms with Crippen molar-refractivity contribution in [2.45, 2.75) is 26.4 Å². The molecule has 1 unspecified atom stereocenters. The number of rotatable bonds is 3. The number of anilines is 1. The molecular weight excluding hydrogens is 176 g/mol. The van der Waals surface area contributed by atoms with Gasteiger partial charge in [-0.1, -0.05) is 12.1 Å². The standard InChI is InChI=1S/C11H16N2O/c1-7(12)6-11(14)9-4-3-5-10(13)8(9)2/h3-5,11-12,14H,6,13H2,1-2H3. The van der Waals surface area contributed by atoms with Gasteiger partial charge in [-0.3, -0.25) is 0 Å². The molecule has 0 radical (unpaired) electrons. The van der Waals surface area contributed by atoms with Gasteiger partial charge in [0.1, 0.15) is 0 Å². The average Bonchev–Trinajstić information content (AvgIpc) is 2.08. The highest BCUT2D eigenvalue weighted by molar-refractivity contribution is 5.79. The predicted molar refractivity (Wildman–Crippen MR) is 58.6 cm³/mol. The molecule has 0 aliphatic rings. The molecule has 0 saturated heterocycles. The molecule has 0 aromatic heterocycles. The van der Waals surface area contributed by atoms with Crippen LogP contribution in [0.5, 0.6) is 0 Å². The molecule has 1 aromatic rings. The van der Waals surface area contributed by atoms with Crippen molar-refractivity contribution in [2.75, 3.05) is 5.73 Å². The monoisotopic (exact) mass is 192 g/mol. The quantitative estimate of drug-likeness (QED) is 0.506. The largest absolute Gasteiger partial charge is 0.399 e. The zero-order valence-electron chi connectivity index (χ0n) is 8.54. The average molecular weight is 192 g/mol. The number of nitrogens with one attached hydrogen (secondary N) is 1. The zero-order chi connectivity index (χ0) is 10.7. The van der Waals surface area contributed by atoms with E-state index in [2.05, 4.69) is 0 Å². The Labute approximate surface area is 84.1 Å². The summed E-state index contributed by atoms with van der Waals surface area (Å²) in [5.74, 6) is 0. The van der Waals surface area contributed by atoms with Gasteiger partial charge < -0.3 is 16.2 Å². The second-order valence-electron chi connectivity index (χ2n) is 3.56. The summed E-state index contributed by atoms with van der Waals surface area (Å²) in [6.45, 7) is 3.57. The SMILES string of the molecule is CC(=N)CC(O)c1cccc(N)c1C. The summed E-state index contributed by atoms with van der Waals surface area (Å²) in [5, 5.41) is 17.1. The Morgan fingerprint density at radius 1 is 1.57 bits per heavy atom. The fraction of sp³-hybridized carbons (Fsp3) is 0.364. The third kappa shape index (κ3) is 2.33. The highest BCUT2D eigenvalue weighted by Gasteiger charge is 2.11. The van der Waals surface area contributed by atoms with Crippen LogP contribution in [0.2, 0.25) is 0 Å². The van der Waals surface area contributed by atoms with Crippen LogP contribution in [-0.2, 0) is 0 Å². The van der Waals surface area contributed by atoms with Crippen LogP contribution in [0.3, 0.4) is 0 Å². The Kier molecular flexibility index (Phi) is 3.25. The Morgan fingerprint density at radius 2 is 2.21 bits per heavy atom. The maximum Gasteiger partial charge on any atom is 0.0845 e. The number of nitrogens with two attached hydrogens (primary N) is 1. The molecule has 0 aliphatic carbocycles. The lowest BCUT2D eigenvalue weighted by atomic mass is 9.98. The van der Waals surface area contributed by atoms with Gasteiger partial charge in [0, 0.05) is 17.8 Å². The van der Waals surface area contributed by atoms with Crippen molar-refractivity contribution in [3.05, 3.63) is 29.3 Å². The van der Waals surface area contributed by atoms with Crippen LogP contribution in [-0.4, -0.2) is 10.8 Å². The van der Waals surface area contributed by atoms with E-state index < -0.39 is 6.10 Å². The molecule has 76 valence electrons. The van der Waals surface area contributed by atoms with Crippen molar-refractivity contribution in [2.24, 2.45) is 0 Å². The van der Waals surface area contributed by atoms with Gasteiger partial charge in [-0.05, 0) is 31.0 Å². The lowest BCUT2D eigenvalue weighted by Crippen LogP contribution is -2.06. The minimum absolute atomic E-state index is 0.365. The summed E-state index contributed by atoms with van der Waals surface area (Å²) in [7, 11) is 0. The molecule has 1 rings (SSSR count). The number of hydrogen-bond donors (Lipinski definition) is 3. The minimum atomic E-state index is -0.615. The summed E-state index contributed by atoms with van der Waals surface area (Å²) in [6.07, 6.45) is -0.249. The fourth-order valence-electron chi connectivity index (χ4n) is 1.43. The topological polar surface area (TPSA) is 70.1 Å². The first-order valence-corrected chi connectivity index (χ1v) is 4.59. The first-order valence-electron chi connectivity index (χ1n) is 4.59. The third-order valence-electron chi connectivity index (χ3n) is 2.28. The van der Waals surface area contributed by atoms with E-state index in [0.717, 1.165) is 11.1 Å². The zero-order valence-corrected chi connectivity index (χ0v) is 8.54. The smallest absolute Gasteiger partial charge is 0.0845 e. The molecule has 0 spiro atoms. The van der Waals surface area contributed by atoms with Crippen LogP contribution in [0.1, 0.15) is 30.6 Å². The van der Waals surface area contributed by atoms with Crippen molar-refractivity contribution < 1.29 is 5.11 Å². The Balaban J connectivity index is 2.95. The van der Waals surface area contributed by atoms with E-state index in [-0.39, 0.29) is 0 Å². The van der Waals surface area contributed by atoms with Crippen molar-refractivity contribution in [3.63, 3.8) is 0 Å². The van der Waals surface area contributed by atoms with Crippen molar-refractivity contribution in [1.82, 2.24) is 0 Å². The maximum atomic E-state index is 9.80. The minimum Gasteiger partial charge on any atom is -0.399 e. The molecule has 4 N–H and O–H groups in total. The third-order valence-corrected chi connectivity index (χ3v) is 2.28. The van der Waals surface area contributed by atoms with Crippen LogP contribution in [0.25, 0.3) is 0 Å². The number of aliphatic hydroxyl groups excluding tert-OH is 1. The van der Waals surface area contributed by atoms with Crippen molar-refractivity contribution in [3.8, 4) is 0 Å². The Bertz CT molecular complexity index is 347. The van der Waals surface area contributed by atoms with Gasteiger partial charge in [0.25, 0.3) is 0 Å². The summed E-state index contributed by atoms with van der Waals surface area (Å²) in [6, 6.07) is 5.47. The van der Waals surface area contributed by atoms with Crippen LogP contribution in [0.4, 0.5) is 5.69 Å². The van der Waals surface area contributed by atoms with Crippen LogP contribution < -0.4 is 5.73 Å². The van der Waals surface area contributed by atoms with E-state index in [1.807, 2.05) is 25.1 Å². The van der Waals surface area contributed by atoms with E-state index in [0.29, 0.717) is 17.8 Å². The predicted octanol–water partition coefficient (Wildman–Crippen LogP) is 2.04. The van der Waals surface area contributed by atoms with E-state index >= 15 is 0 Å². The molecular formula is C11H16N2O. The van der Waals surface area contributed by atoms with Gasteiger partial charge in [-0.15, -0.1) is 0 Å². The molecule has 1 atom stereocenters. The molecule has 0 bridgehead atoms. The summed E-state index contributed by atoms with van der Waals surface area (Å²) < 4.78 is 0. The summed E-state index contributed by atoms with van der Waals surface area (Å²) >= 11 is 0. The van der Waals surface area contributed by atoms with E-state index in [1.54, 1.807) is 6.92 Å². The molecule has 0 amide bonds. The molecule has 1 aromatic carbocycles. The molecule has 3 nitrogen and oxygen atoms in total. The second-order valence-corrected chi connectivity index (χ2v) is 3.56. The fourth-order valence-corrected chi connectivity index (χ4v) is 1.43. The molecule has 0 aliphatic heterocycles. The van der Waals surface area contributed by atoms with Gasteiger partial charge >= 0.3 is 0 Å². The van der Waals surface area contributed by atoms with Gasteiger partial charge in [0.15, 0.2) is 0 Å². The van der Waals surface area contributed by atoms with Gasteiger partial charge in [-0.25, -0.2) is 0 Å². The van der Waals surface area contributed by atoms with Gasteiger partial charge in [0.05, 0.1) is 6.10 Å². The summed E-state index contributed by atoms with van der Waals surface area (Å²) in [5.41, 5.74) is 8.60. The number of aliphatic hydroxyl groups is 1. The van der Waals surface area contributed by atoms with Crippen LogP contribution in [0, 0.1) is 12.3 Å². The van der Waals surface area contributed by atoms with E-state index in [9.17, 15) is 5.11 Å². The molecule has 3 heteroatoms. The normalized spacial score (nSPS) is 12.5. The highest BCUT2D eigenvalue weighted by atomic mass is 16.3.